The highest BCUT2D eigenvalue weighted by Crippen LogP contribution is 2.68. The van der Waals surface area contributed by atoms with E-state index in [2.05, 4.69) is 20.8 Å². The van der Waals surface area contributed by atoms with Crippen molar-refractivity contribution in [2.24, 2.45) is 52.3 Å². The Morgan fingerprint density at radius 1 is 1.10 bits per heavy atom. The molecule has 0 aromatic heterocycles. The third-order valence-corrected chi connectivity index (χ3v) is 10.5. The minimum Gasteiger partial charge on any atom is -0.481 e. The Hall–Kier alpha value is -1.26. The minimum absolute atomic E-state index is 0.00861. The number of Topliss-reactive ketones (excluding diaryl/α,β-unsaturated/α-hetero) is 2. The van der Waals surface area contributed by atoms with Crippen LogP contribution in [0.5, 0.6) is 0 Å². The van der Waals surface area contributed by atoms with E-state index in [1.807, 2.05) is 0 Å². The molecule has 4 saturated carbocycles. The maximum atomic E-state index is 13.9. The first kappa shape index (κ1) is 22.9. The van der Waals surface area contributed by atoms with Crippen LogP contribution in [0.4, 0.5) is 4.39 Å². The molecule has 0 bridgehead atoms. The largest absolute Gasteiger partial charge is 0.481 e. The summed E-state index contributed by atoms with van der Waals surface area (Å²) in [5.41, 5.74) is 0.0172. The lowest BCUT2D eigenvalue weighted by atomic mass is 9.42. The summed E-state index contributed by atoms with van der Waals surface area (Å²) in [6, 6.07) is 0. The summed E-state index contributed by atoms with van der Waals surface area (Å²) in [5, 5.41) is 9.13. The molecule has 0 aromatic carbocycles. The van der Waals surface area contributed by atoms with E-state index in [0.717, 1.165) is 32.1 Å². The fraction of sp³-hybridized carbons (Fsp3) is 0.885. The van der Waals surface area contributed by atoms with Gasteiger partial charge in [-0.25, -0.2) is 0 Å². The van der Waals surface area contributed by atoms with Crippen LogP contribution >= 0.6 is 0 Å². The standard InChI is InChI=1S/C26H39FO4/c1-15(4-7-22(29)30)18-5-6-19-23-20(9-12-25(18,19)2)26(3)11-8-16(28)14-21(26)17(10-13-27)24(23)31/h15,17-21,23H,4-14H2,1-3H3,(H,29,30)/t15?,17-,18-,19+,20+,21+,23+,25-,26-/m1/s1. The number of halogens is 1. The fourth-order valence-corrected chi connectivity index (χ4v) is 8.95. The highest BCUT2D eigenvalue weighted by molar-refractivity contribution is 5.88. The lowest BCUT2D eigenvalue weighted by Gasteiger charge is -2.61. The van der Waals surface area contributed by atoms with Crippen LogP contribution in [0.15, 0.2) is 0 Å². The number of aliphatic carboxylic acids is 1. The van der Waals surface area contributed by atoms with Crippen molar-refractivity contribution in [3.63, 3.8) is 0 Å². The smallest absolute Gasteiger partial charge is 0.303 e. The maximum absolute atomic E-state index is 13.9. The molecule has 4 fully saturated rings. The van der Waals surface area contributed by atoms with Crippen molar-refractivity contribution < 1.29 is 23.9 Å². The van der Waals surface area contributed by atoms with Crippen molar-refractivity contribution in [3.8, 4) is 0 Å². The third kappa shape index (κ3) is 3.58. The van der Waals surface area contributed by atoms with Crippen LogP contribution in [0.3, 0.4) is 0 Å². The van der Waals surface area contributed by atoms with Crippen LogP contribution in [-0.2, 0) is 14.4 Å². The maximum Gasteiger partial charge on any atom is 0.303 e. The molecular formula is C26H39FO4. The van der Waals surface area contributed by atoms with E-state index >= 15 is 0 Å². The molecule has 9 atom stereocenters. The van der Waals surface area contributed by atoms with E-state index in [4.69, 9.17) is 5.11 Å². The molecule has 0 aliphatic heterocycles. The van der Waals surface area contributed by atoms with Crippen molar-refractivity contribution in [3.05, 3.63) is 0 Å². The Balaban J connectivity index is 1.64. The van der Waals surface area contributed by atoms with Gasteiger partial charge in [0.15, 0.2) is 0 Å². The van der Waals surface area contributed by atoms with Crippen LogP contribution < -0.4 is 0 Å². The number of carbonyl (C=O) groups excluding carboxylic acids is 2. The zero-order valence-corrected chi connectivity index (χ0v) is 19.4. The number of carboxylic acid groups (broad SMARTS) is 1. The zero-order chi connectivity index (χ0) is 22.6. The van der Waals surface area contributed by atoms with Crippen LogP contribution in [0.25, 0.3) is 0 Å². The molecule has 0 heterocycles. The molecule has 174 valence electrons. The average molecular weight is 435 g/mol. The van der Waals surface area contributed by atoms with E-state index in [-0.39, 0.29) is 53.0 Å². The summed E-state index contributed by atoms with van der Waals surface area (Å²) in [5.74, 6) is 0.830. The van der Waals surface area contributed by atoms with Crippen molar-refractivity contribution >= 4 is 17.5 Å². The fourth-order valence-electron chi connectivity index (χ4n) is 8.95. The van der Waals surface area contributed by atoms with E-state index < -0.39 is 12.6 Å². The first-order valence-electron chi connectivity index (χ1n) is 12.5. The van der Waals surface area contributed by atoms with Gasteiger partial charge in [0.2, 0.25) is 0 Å². The summed E-state index contributed by atoms with van der Waals surface area (Å²) < 4.78 is 13.5. The van der Waals surface area contributed by atoms with Crippen molar-refractivity contribution in [1.82, 2.24) is 0 Å². The molecule has 4 rings (SSSR count). The number of carbonyl (C=O) groups is 3. The highest BCUT2D eigenvalue weighted by atomic mass is 19.1. The van der Waals surface area contributed by atoms with Gasteiger partial charge in [0.05, 0.1) is 6.67 Å². The predicted octanol–water partition coefficient (Wildman–Crippen LogP) is 5.48. The molecular weight excluding hydrogens is 395 g/mol. The van der Waals surface area contributed by atoms with Crippen molar-refractivity contribution in [1.29, 1.82) is 0 Å². The molecule has 0 aromatic rings. The molecule has 4 nitrogen and oxygen atoms in total. The lowest BCUT2D eigenvalue weighted by molar-refractivity contribution is -0.170. The van der Waals surface area contributed by atoms with Gasteiger partial charge in [-0.05, 0) is 85.4 Å². The van der Waals surface area contributed by atoms with Crippen LogP contribution in [0.2, 0.25) is 0 Å². The Bertz CT molecular complexity index is 750. The van der Waals surface area contributed by atoms with Crippen molar-refractivity contribution in [2.45, 2.75) is 85.0 Å². The molecule has 31 heavy (non-hydrogen) atoms. The number of carboxylic acids is 1. The van der Waals surface area contributed by atoms with Gasteiger partial charge < -0.3 is 5.11 Å². The Morgan fingerprint density at radius 2 is 1.81 bits per heavy atom. The van der Waals surface area contributed by atoms with Crippen molar-refractivity contribution in [2.75, 3.05) is 6.67 Å². The van der Waals surface area contributed by atoms with Gasteiger partial charge >= 0.3 is 5.97 Å². The number of ketones is 2. The normalized spacial score (nSPS) is 45.5. The van der Waals surface area contributed by atoms with Gasteiger partial charge in [0.1, 0.15) is 11.6 Å². The quantitative estimate of drug-likeness (QED) is 0.601. The lowest BCUT2D eigenvalue weighted by Crippen LogP contribution is -2.60. The summed E-state index contributed by atoms with van der Waals surface area (Å²) in [6.07, 6.45) is 7.22. The molecule has 0 spiro atoms. The van der Waals surface area contributed by atoms with E-state index in [0.29, 0.717) is 42.9 Å². The number of rotatable bonds is 6. The Morgan fingerprint density at radius 3 is 2.48 bits per heavy atom. The second-order valence-corrected chi connectivity index (χ2v) is 11.7. The van der Waals surface area contributed by atoms with Crippen LogP contribution in [0.1, 0.15) is 85.0 Å². The van der Waals surface area contributed by atoms with Gasteiger partial charge in [-0.3, -0.25) is 18.8 Å². The summed E-state index contributed by atoms with van der Waals surface area (Å²) in [4.78, 5) is 37.3. The molecule has 5 heteroatoms. The first-order valence-corrected chi connectivity index (χ1v) is 12.5. The van der Waals surface area contributed by atoms with E-state index in [1.54, 1.807) is 0 Å². The third-order valence-electron chi connectivity index (χ3n) is 10.5. The number of hydrogen-bond acceptors (Lipinski definition) is 3. The summed E-state index contributed by atoms with van der Waals surface area (Å²) in [7, 11) is 0. The molecule has 4 aliphatic carbocycles. The molecule has 1 unspecified atom stereocenters. The number of alkyl halides is 1. The molecule has 1 N–H and O–H groups in total. The predicted molar refractivity (Wildman–Crippen MR) is 116 cm³/mol. The molecule has 0 saturated heterocycles. The van der Waals surface area contributed by atoms with Crippen LogP contribution in [-0.4, -0.2) is 29.3 Å². The monoisotopic (exact) mass is 434 g/mol. The SMILES string of the molecule is CC(CCC(=O)O)[C@H]1CC[C@H]2[C@@H]3C(=O)[C@H](CCF)[C@@H]4CC(=O)CC[C@]4(C)[C@H]3CC[C@]12C. The second-order valence-electron chi connectivity index (χ2n) is 11.7. The van der Waals surface area contributed by atoms with Gasteiger partial charge in [-0.15, -0.1) is 0 Å². The van der Waals surface area contributed by atoms with Gasteiger partial charge in [0, 0.05) is 31.1 Å². The minimum atomic E-state index is -0.738. The second kappa shape index (κ2) is 8.26. The zero-order valence-electron chi connectivity index (χ0n) is 19.4. The number of fused-ring (bicyclic) bond motifs is 5. The Labute approximate surface area is 185 Å². The van der Waals surface area contributed by atoms with E-state index in [1.165, 1.54) is 0 Å². The Kier molecular flexibility index (Phi) is 6.11. The molecule has 4 aliphatic rings. The first-order chi connectivity index (χ1) is 14.6. The summed E-state index contributed by atoms with van der Waals surface area (Å²) >= 11 is 0. The van der Waals surface area contributed by atoms with E-state index in [9.17, 15) is 18.8 Å². The van der Waals surface area contributed by atoms with Gasteiger partial charge in [-0.2, -0.15) is 0 Å². The van der Waals surface area contributed by atoms with Gasteiger partial charge in [-0.1, -0.05) is 20.8 Å². The molecule has 0 radical (unpaired) electrons. The summed E-state index contributed by atoms with van der Waals surface area (Å²) in [6.45, 7) is 6.33. The number of hydrogen-bond donors (Lipinski definition) is 1. The van der Waals surface area contributed by atoms with Crippen LogP contribution in [0, 0.1) is 52.3 Å². The average Bonchev–Trinajstić information content (AvgIpc) is 3.07. The van der Waals surface area contributed by atoms with Gasteiger partial charge in [0.25, 0.3) is 0 Å². The molecule has 0 amide bonds. The topological polar surface area (TPSA) is 71.4 Å². The highest BCUT2D eigenvalue weighted by Gasteiger charge is 2.65.